The zero-order valence-electron chi connectivity index (χ0n) is 16.5. The third-order valence-electron chi connectivity index (χ3n) is 4.68. The Kier molecular flexibility index (Phi) is 5.01. The first-order valence-electron chi connectivity index (χ1n) is 9.24. The van der Waals surface area contributed by atoms with Crippen LogP contribution in [0.3, 0.4) is 0 Å². The highest BCUT2D eigenvalue weighted by Crippen LogP contribution is 2.26. The molecule has 0 spiro atoms. The number of amidine groups is 1. The van der Waals surface area contributed by atoms with Gasteiger partial charge in [-0.2, -0.15) is 8.42 Å². The Hall–Kier alpha value is -3.65. The number of anilines is 3. The third-order valence-corrected chi connectivity index (χ3v) is 6.02. The minimum Gasteiger partial charge on any atom is -0.378 e. The van der Waals surface area contributed by atoms with Crippen LogP contribution in [0.2, 0.25) is 0 Å². The lowest BCUT2D eigenvalue weighted by Crippen LogP contribution is -2.14. The highest BCUT2D eigenvalue weighted by Gasteiger charge is 2.28. The topological polar surface area (TPSA) is 90.9 Å². The maximum absolute atomic E-state index is 12.5. The number of nitrogens with zero attached hydrogens (tertiary/aromatic N) is 2. The number of carbonyl (C=O) groups is 1. The molecule has 0 atom stereocenters. The van der Waals surface area contributed by atoms with Gasteiger partial charge in [0.2, 0.25) is 0 Å². The van der Waals surface area contributed by atoms with Gasteiger partial charge < -0.3 is 15.5 Å². The lowest BCUT2D eigenvalue weighted by Gasteiger charge is -2.13. The maximum atomic E-state index is 12.5. The van der Waals surface area contributed by atoms with Crippen molar-refractivity contribution in [2.45, 2.75) is 4.90 Å². The second kappa shape index (κ2) is 7.64. The van der Waals surface area contributed by atoms with Crippen LogP contribution in [0.15, 0.2) is 82.1 Å². The van der Waals surface area contributed by atoms with Crippen molar-refractivity contribution in [3.8, 4) is 0 Å². The molecule has 1 amide bonds. The number of sulfonamides is 1. The Morgan fingerprint density at radius 3 is 2.17 bits per heavy atom. The van der Waals surface area contributed by atoms with Crippen LogP contribution in [-0.4, -0.2) is 34.3 Å². The summed E-state index contributed by atoms with van der Waals surface area (Å²) in [6, 6.07) is 21.0. The summed E-state index contributed by atoms with van der Waals surface area (Å²) in [5.74, 6) is 0.0362. The normalized spacial score (nSPS) is 13.9. The van der Waals surface area contributed by atoms with Gasteiger partial charge in [-0.05, 0) is 60.7 Å². The first-order chi connectivity index (χ1) is 14.3. The number of nitrogens with one attached hydrogen (secondary N) is 2. The van der Waals surface area contributed by atoms with E-state index in [-0.39, 0.29) is 16.6 Å². The van der Waals surface area contributed by atoms with Crippen LogP contribution in [-0.2, 0) is 10.0 Å². The van der Waals surface area contributed by atoms with Crippen LogP contribution in [0.1, 0.15) is 15.9 Å². The van der Waals surface area contributed by atoms with E-state index in [9.17, 15) is 13.2 Å². The Bertz CT molecular complexity index is 1230. The van der Waals surface area contributed by atoms with Gasteiger partial charge in [0.15, 0.2) is 5.84 Å². The highest BCUT2D eigenvalue weighted by molar-refractivity contribution is 7.90. The fourth-order valence-corrected chi connectivity index (χ4v) is 4.26. The molecular weight excluding hydrogens is 400 g/mol. The molecule has 0 bridgehead atoms. The maximum Gasteiger partial charge on any atom is 0.285 e. The van der Waals surface area contributed by atoms with Crippen molar-refractivity contribution < 1.29 is 13.2 Å². The molecule has 0 fully saturated rings. The van der Waals surface area contributed by atoms with E-state index in [0.717, 1.165) is 5.69 Å². The predicted molar refractivity (Wildman–Crippen MR) is 119 cm³/mol. The number of rotatable bonds is 4. The van der Waals surface area contributed by atoms with E-state index in [2.05, 4.69) is 15.0 Å². The standard InChI is InChI=1S/C22H20N4O3S/c1-26(2)18-13-11-17(12-14-18)24-22(27)15-7-9-16(10-8-15)23-21-19-5-3-4-6-20(19)30(28,29)25-21/h3-14H,1-2H3,(H,23,25)(H,24,27). The number of amides is 1. The number of carbonyl (C=O) groups excluding carboxylic acids is 1. The summed E-state index contributed by atoms with van der Waals surface area (Å²) in [5, 5.41) is 5.88. The van der Waals surface area contributed by atoms with Crippen molar-refractivity contribution in [1.29, 1.82) is 0 Å². The first kappa shape index (κ1) is 19.7. The van der Waals surface area contributed by atoms with Crippen molar-refractivity contribution in [2.75, 3.05) is 29.6 Å². The monoisotopic (exact) mass is 420 g/mol. The summed E-state index contributed by atoms with van der Waals surface area (Å²) >= 11 is 0. The minimum absolute atomic E-state index is 0.184. The lowest BCUT2D eigenvalue weighted by atomic mass is 10.1. The van der Waals surface area contributed by atoms with Gasteiger partial charge in [-0.25, -0.2) is 0 Å². The van der Waals surface area contributed by atoms with Gasteiger partial charge in [-0.3, -0.25) is 4.79 Å². The van der Waals surface area contributed by atoms with Gasteiger partial charge in [0, 0.05) is 42.3 Å². The van der Waals surface area contributed by atoms with E-state index in [1.54, 1.807) is 42.5 Å². The average Bonchev–Trinajstić information content (AvgIpc) is 2.99. The molecule has 7 nitrogen and oxygen atoms in total. The Morgan fingerprint density at radius 2 is 1.50 bits per heavy atom. The Labute approximate surface area is 175 Å². The molecule has 4 rings (SSSR count). The fraction of sp³-hybridized carbons (Fsp3) is 0.0909. The smallest absolute Gasteiger partial charge is 0.285 e. The summed E-state index contributed by atoms with van der Waals surface area (Å²) in [4.78, 5) is 14.7. The van der Waals surface area contributed by atoms with Crippen LogP contribution in [0.5, 0.6) is 0 Å². The molecule has 2 N–H and O–H groups in total. The highest BCUT2D eigenvalue weighted by atomic mass is 32.2. The summed E-state index contributed by atoms with van der Waals surface area (Å²) in [5.41, 5.74) is 3.39. The molecule has 1 aliphatic heterocycles. The summed E-state index contributed by atoms with van der Waals surface area (Å²) in [6.45, 7) is 0. The average molecular weight is 420 g/mol. The summed E-state index contributed by atoms with van der Waals surface area (Å²) < 4.78 is 28.1. The Balaban J connectivity index is 1.46. The number of hydrogen-bond acceptors (Lipinski definition) is 5. The minimum atomic E-state index is -3.68. The van der Waals surface area contributed by atoms with Gasteiger partial charge in [-0.15, -0.1) is 4.40 Å². The van der Waals surface area contributed by atoms with Crippen molar-refractivity contribution >= 4 is 38.8 Å². The molecular formula is C22H20N4O3S. The van der Waals surface area contributed by atoms with Crippen LogP contribution < -0.4 is 15.5 Å². The van der Waals surface area contributed by atoms with E-state index < -0.39 is 10.0 Å². The largest absolute Gasteiger partial charge is 0.378 e. The van der Waals surface area contributed by atoms with E-state index in [1.165, 1.54) is 6.07 Å². The second-order valence-electron chi connectivity index (χ2n) is 7.01. The van der Waals surface area contributed by atoms with Crippen LogP contribution in [0.4, 0.5) is 17.1 Å². The number of fused-ring (bicyclic) bond motifs is 1. The molecule has 1 heterocycles. The van der Waals surface area contributed by atoms with Gasteiger partial charge >= 0.3 is 0 Å². The molecule has 152 valence electrons. The third kappa shape index (κ3) is 3.90. The number of hydrogen-bond donors (Lipinski definition) is 2. The van der Waals surface area contributed by atoms with Crippen molar-refractivity contribution in [2.24, 2.45) is 4.40 Å². The van der Waals surface area contributed by atoms with Gasteiger partial charge in [0.1, 0.15) is 4.90 Å². The number of benzene rings is 3. The molecule has 1 aliphatic rings. The summed E-state index contributed by atoms with van der Waals surface area (Å²) in [7, 11) is 0.224. The van der Waals surface area contributed by atoms with E-state index in [4.69, 9.17) is 0 Å². The zero-order chi connectivity index (χ0) is 21.3. The van der Waals surface area contributed by atoms with E-state index in [1.807, 2.05) is 43.3 Å². The van der Waals surface area contributed by atoms with Gasteiger partial charge in [0.05, 0.1) is 0 Å². The first-order valence-corrected chi connectivity index (χ1v) is 10.7. The molecule has 0 aliphatic carbocycles. The lowest BCUT2D eigenvalue weighted by molar-refractivity contribution is 0.102. The molecule has 0 radical (unpaired) electrons. The van der Waals surface area contributed by atoms with E-state index in [0.29, 0.717) is 22.5 Å². The predicted octanol–water partition coefficient (Wildman–Crippen LogP) is 3.57. The molecule has 0 aromatic heterocycles. The van der Waals surface area contributed by atoms with Crippen LogP contribution in [0, 0.1) is 0 Å². The van der Waals surface area contributed by atoms with Crippen molar-refractivity contribution in [3.05, 3.63) is 83.9 Å². The molecule has 3 aromatic rings. The van der Waals surface area contributed by atoms with E-state index >= 15 is 0 Å². The second-order valence-corrected chi connectivity index (χ2v) is 8.58. The van der Waals surface area contributed by atoms with Crippen molar-refractivity contribution in [3.63, 3.8) is 0 Å². The zero-order valence-corrected chi connectivity index (χ0v) is 17.3. The summed E-state index contributed by atoms with van der Waals surface area (Å²) in [6.07, 6.45) is 0. The molecule has 8 heteroatoms. The van der Waals surface area contributed by atoms with Crippen LogP contribution >= 0.6 is 0 Å². The molecule has 0 saturated carbocycles. The molecule has 3 aromatic carbocycles. The van der Waals surface area contributed by atoms with Crippen molar-refractivity contribution in [1.82, 2.24) is 0 Å². The van der Waals surface area contributed by atoms with Gasteiger partial charge in [-0.1, -0.05) is 12.1 Å². The SMILES string of the molecule is CN(C)c1ccc(NC(=O)c2ccc(NC3=NS(=O)(=O)c4ccccc43)cc2)cc1. The Morgan fingerprint density at radius 1 is 0.867 bits per heavy atom. The molecule has 0 unspecified atom stereocenters. The quantitative estimate of drug-likeness (QED) is 0.673. The molecule has 30 heavy (non-hydrogen) atoms. The fourth-order valence-electron chi connectivity index (χ4n) is 3.08. The molecule has 0 saturated heterocycles. The van der Waals surface area contributed by atoms with Crippen LogP contribution in [0.25, 0.3) is 0 Å². The van der Waals surface area contributed by atoms with Gasteiger partial charge in [0.25, 0.3) is 15.9 Å².